The van der Waals surface area contributed by atoms with Crippen molar-refractivity contribution in [3.8, 4) is 0 Å². The van der Waals surface area contributed by atoms with Crippen LogP contribution in [0.25, 0.3) is 0 Å². The normalized spacial score (nSPS) is 51.8. The van der Waals surface area contributed by atoms with Gasteiger partial charge in [0.2, 0.25) is 0 Å². The van der Waals surface area contributed by atoms with Crippen molar-refractivity contribution in [2.75, 3.05) is 7.11 Å². The van der Waals surface area contributed by atoms with Crippen LogP contribution in [0.5, 0.6) is 0 Å². The SMILES string of the molecule is C=C(C)C1CCC2(C(=O)O)CCC3(C)C(CC(O)C4C5(C)C(CC(=O)OC)OC(C)(C)C5CCC43C)C12. The zero-order valence-electron chi connectivity index (χ0n) is 23.9. The summed E-state index contributed by atoms with van der Waals surface area (Å²) in [6, 6.07) is 0. The third-order valence-corrected chi connectivity index (χ3v) is 13.2. The Morgan fingerprint density at radius 2 is 1.70 bits per heavy atom. The van der Waals surface area contributed by atoms with E-state index in [2.05, 4.69) is 48.1 Å². The van der Waals surface area contributed by atoms with E-state index in [4.69, 9.17) is 9.47 Å². The maximum absolute atomic E-state index is 12.8. The summed E-state index contributed by atoms with van der Waals surface area (Å²) in [7, 11) is 1.42. The summed E-state index contributed by atoms with van der Waals surface area (Å²) in [6.45, 7) is 17.6. The summed E-state index contributed by atoms with van der Waals surface area (Å²) >= 11 is 0. The fourth-order valence-electron chi connectivity index (χ4n) is 11.5. The molecule has 5 aliphatic rings. The third kappa shape index (κ3) is 3.30. The Morgan fingerprint density at radius 1 is 1.03 bits per heavy atom. The van der Waals surface area contributed by atoms with Gasteiger partial charge in [0, 0.05) is 5.41 Å². The van der Waals surface area contributed by atoms with Crippen LogP contribution in [0.15, 0.2) is 12.2 Å². The van der Waals surface area contributed by atoms with E-state index >= 15 is 0 Å². The molecule has 1 aliphatic heterocycles. The predicted molar refractivity (Wildman–Crippen MR) is 141 cm³/mol. The summed E-state index contributed by atoms with van der Waals surface area (Å²) < 4.78 is 11.7. The van der Waals surface area contributed by atoms with Crippen LogP contribution in [0.3, 0.4) is 0 Å². The number of methoxy groups -OCH3 is 1. The van der Waals surface area contributed by atoms with E-state index < -0.39 is 23.1 Å². The van der Waals surface area contributed by atoms with Crippen LogP contribution in [0.1, 0.15) is 92.9 Å². The Labute approximate surface area is 222 Å². The van der Waals surface area contributed by atoms with Crippen molar-refractivity contribution in [1.82, 2.24) is 0 Å². The first-order chi connectivity index (χ1) is 17.1. The number of carbonyl (C=O) groups is 2. The van der Waals surface area contributed by atoms with Crippen LogP contribution < -0.4 is 0 Å². The number of aliphatic hydroxyl groups excluding tert-OH is 1. The van der Waals surface area contributed by atoms with Gasteiger partial charge in [-0.25, -0.2) is 0 Å². The van der Waals surface area contributed by atoms with Gasteiger partial charge in [0.05, 0.1) is 36.8 Å². The van der Waals surface area contributed by atoms with E-state index in [-0.39, 0.29) is 64.3 Å². The molecule has 4 saturated carbocycles. The maximum Gasteiger partial charge on any atom is 0.309 e. The Morgan fingerprint density at radius 3 is 2.30 bits per heavy atom. The Bertz CT molecular complexity index is 1000. The fourth-order valence-corrected chi connectivity index (χ4v) is 11.5. The molecule has 1 heterocycles. The molecule has 0 spiro atoms. The van der Waals surface area contributed by atoms with Crippen LogP contribution in [0.4, 0.5) is 0 Å². The number of carboxylic acid groups (broad SMARTS) is 1. The van der Waals surface area contributed by atoms with Gasteiger partial charge in [-0.2, -0.15) is 0 Å². The third-order valence-electron chi connectivity index (χ3n) is 13.2. The highest BCUT2D eigenvalue weighted by atomic mass is 16.5. The molecule has 0 aromatic rings. The lowest BCUT2D eigenvalue weighted by Gasteiger charge is -2.71. The molecule has 11 atom stereocenters. The molecule has 5 rings (SSSR count). The molecule has 11 unspecified atom stereocenters. The van der Waals surface area contributed by atoms with E-state index in [1.807, 2.05) is 0 Å². The number of ether oxygens (including phenoxy) is 2. The molecule has 0 aromatic carbocycles. The second kappa shape index (κ2) is 8.30. The largest absolute Gasteiger partial charge is 0.481 e. The van der Waals surface area contributed by atoms with E-state index in [1.54, 1.807) is 0 Å². The molecule has 6 heteroatoms. The standard InChI is InChI=1S/C31H48O6/c1-17(2)18-9-12-31(26(34)35)14-13-28(5)19(24(18)31)15-20(32)25-29(28,6)11-10-21-27(3,4)37-22(30(21,25)7)16-23(33)36-8/h18-22,24-25,32H,1,9-16H2,2-8H3,(H,34,35). The first-order valence-electron chi connectivity index (χ1n) is 14.4. The van der Waals surface area contributed by atoms with Crippen LogP contribution in [-0.2, 0) is 19.1 Å². The highest BCUT2D eigenvalue weighted by molar-refractivity contribution is 5.76. The van der Waals surface area contributed by atoms with Crippen molar-refractivity contribution in [2.24, 2.45) is 51.2 Å². The molecule has 6 nitrogen and oxygen atoms in total. The first kappa shape index (κ1) is 27.2. The van der Waals surface area contributed by atoms with Gasteiger partial charge in [0.1, 0.15) is 0 Å². The number of hydrogen-bond donors (Lipinski definition) is 2. The van der Waals surface area contributed by atoms with Crippen molar-refractivity contribution in [1.29, 1.82) is 0 Å². The van der Waals surface area contributed by atoms with Crippen molar-refractivity contribution >= 4 is 11.9 Å². The number of aliphatic carboxylic acids is 1. The molecule has 208 valence electrons. The van der Waals surface area contributed by atoms with Gasteiger partial charge in [-0.15, -0.1) is 0 Å². The van der Waals surface area contributed by atoms with Gasteiger partial charge in [-0.1, -0.05) is 32.9 Å². The topological polar surface area (TPSA) is 93.1 Å². The molecule has 0 radical (unpaired) electrons. The minimum Gasteiger partial charge on any atom is -0.481 e. The zero-order chi connectivity index (χ0) is 27.3. The molecule has 0 amide bonds. The van der Waals surface area contributed by atoms with Gasteiger partial charge in [-0.3, -0.25) is 9.59 Å². The van der Waals surface area contributed by atoms with Gasteiger partial charge >= 0.3 is 11.9 Å². The number of allylic oxidation sites excluding steroid dienone is 1. The zero-order valence-corrected chi connectivity index (χ0v) is 23.9. The summed E-state index contributed by atoms with van der Waals surface area (Å²) in [5.41, 5.74) is -0.736. The van der Waals surface area contributed by atoms with Gasteiger partial charge in [0.15, 0.2) is 0 Å². The van der Waals surface area contributed by atoms with Crippen molar-refractivity contribution in [3.63, 3.8) is 0 Å². The lowest BCUT2D eigenvalue weighted by molar-refractivity contribution is -0.254. The summed E-state index contributed by atoms with van der Waals surface area (Å²) in [5, 5.41) is 22.7. The van der Waals surface area contributed by atoms with Crippen molar-refractivity contribution in [3.05, 3.63) is 12.2 Å². The lowest BCUT2D eigenvalue weighted by Crippen LogP contribution is -2.69. The minimum atomic E-state index is -0.719. The molecule has 37 heavy (non-hydrogen) atoms. The van der Waals surface area contributed by atoms with Crippen LogP contribution in [0, 0.1) is 51.2 Å². The van der Waals surface area contributed by atoms with Crippen molar-refractivity contribution in [2.45, 2.75) is 111 Å². The highest BCUT2D eigenvalue weighted by Gasteiger charge is 2.75. The summed E-state index contributed by atoms with van der Waals surface area (Å²) in [5.74, 6) is -0.458. The molecular weight excluding hydrogens is 468 g/mol. The average molecular weight is 517 g/mol. The number of carbonyl (C=O) groups excluding carboxylic acids is 1. The van der Waals surface area contributed by atoms with E-state index in [1.165, 1.54) is 7.11 Å². The van der Waals surface area contributed by atoms with E-state index in [0.29, 0.717) is 19.3 Å². The number of aliphatic hydroxyl groups is 1. The Balaban J connectivity index is 1.62. The number of esters is 1. The first-order valence-corrected chi connectivity index (χ1v) is 14.4. The molecule has 2 N–H and O–H groups in total. The monoisotopic (exact) mass is 516 g/mol. The second-order valence-electron chi connectivity index (χ2n) is 14.6. The van der Waals surface area contributed by atoms with Crippen LogP contribution >= 0.6 is 0 Å². The lowest BCUT2D eigenvalue weighted by atomic mass is 9.33. The number of fused-ring (bicyclic) bond motifs is 7. The molecule has 0 bridgehead atoms. The minimum absolute atomic E-state index is 0.00124. The average Bonchev–Trinajstić information content (AvgIpc) is 3.29. The molecule has 0 aromatic heterocycles. The predicted octanol–water partition coefficient (Wildman–Crippen LogP) is 5.62. The van der Waals surface area contributed by atoms with Crippen LogP contribution in [0.2, 0.25) is 0 Å². The van der Waals surface area contributed by atoms with E-state index in [9.17, 15) is 19.8 Å². The Hall–Kier alpha value is -1.40. The number of rotatable bonds is 4. The quantitative estimate of drug-likeness (QED) is 0.372. The molecule has 5 fully saturated rings. The van der Waals surface area contributed by atoms with Gasteiger partial charge in [0.25, 0.3) is 0 Å². The maximum atomic E-state index is 12.8. The van der Waals surface area contributed by atoms with Crippen LogP contribution in [-0.4, -0.2) is 47.1 Å². The smallest absolute Gasteiger partial charge is 0.309 e. The van der Waals surface area contributed by atoms with Gasteiger partial charge in [-0.05, 0) is 106 Å². The molecule has 4 aliphatic carbocycles. The molecule has 1 saturated heterocycles. The Kier molecular flexibility index (Phi) is 6.10. The fraction of sp³-hybridized carbons (Fsp3) is 0.871. The van der Waals surface area contributed by atoms with Gasteiger partial charge < -0.3 is 19.7 Å². The van der Waals surface area contributed by atoms with E-state index in [0.717, 1.165) is 31.3 Å². The summed E-state index contributed by atoms with van der Waals surface area (Å²) in [4.78, 5) is 25.3. The number of hydrogen-bond acceptors (Lipinski definition) is 5. The second-order valence-corrected chi connectivity index (χ2v) is 14.6. The van der Waals surface area contributed by atoms with Crippen molar-refractivity contribution < 1.29 is 29.3 Å². The summed E-state index contributed by atoms with van der Waals surface area (Å²) in [6.07, 6.45) is 4.97. The molecular formula is C31H48O6. The highest BCUT2D eigenvalue weighted by Crippen LogP contribution is 2.77. The number of carboxylic acids is 1.